The van der Waals surface area contributed by atoms with Gasteiger partial charge in [0.2, 0.25) is 0 Å². The summed E-state index contributed by atoms with van der Waals surface area (Å²) in [6, 6.07) is 17.1. The van der Waals surface area contributed by atoms with Crippen LogP contribution in [0.1, 0.15) is 11.1 Å². The number of hydrogen-bond acceptors (Lipinski definition) is 5. The molecule has 2 amide bonds. The van der Waals surface area contributed by atoms with Gasteiger partial charge in [0.1, 0.15) is 13.2 Å². The highest BCUT2D eigenvalue weighted by Crippen LogP contribution is 2.37. The van der Waals surface area contributed by atoms with Crippen molar-refractivity contribution in [1.29, 1.82) is 0 Å². The first-order chi connectivity index (χ1) is 15.3. The van der Waals surface area contributed by atoms with E-state index in [9.17, 15) is 14.4 Å². The number of carbonyl (C=O) groups excluding carboxylic acids is 2. The number of amides is 2. The number of aliphatic carboxylic acids is 1. The highest BCUT2D eigenvalue weighted by atomic mass is 35.5. The lowest BCUT2D eigenvalue weighted by Crippen LogP contribution is -2.33. The number of ether oxygens (including phenoxy) is 1. The van der Waals surface area contributed by atoms with Gasteiger partial charge in [-0.15, -0.1) is 0 Å². The topological polar surface area (TPSA) is 83.9 Å². The van der Waals surface area contributed by atoms with Crippen molar-refractivity contribution >= 4 is 68.9 Å². The van der Waals surface area contributed by atoms with E-state index in [-0.39, 0.29) is 21.6 Å². The molecule has 4 rings (SSSR count). The van der Waals surface area contributed by atoms with Crippen LogP contribution < -0.4 is 4.74 Å². The monoisotopic (exact) mass is 487 g/mol. The summed E-state index contributed by atoms with van der Waals surface area (Å²) >= 11 is 13.4. The second-order valence-corrected chi connectivity index (χ2v) is 8.75. The lowest BCUT2D eigenvalue weighted by Gasteiger charge is -2.12. The lowest BCUT2D eigenvalue weighted by atomic mass is 10.1. The Morgan fingerprint density at radius 1 is 1.03 bits per heavy atom. The second kappa shape index (κ2) is 9.24. The number of carboxylic acid groups (broad SMARTS) is 1. The third-order valence-corrected chi connectivity index (χ3v) is 6.15. The van der Waals surface area contributed by atoms with Crippen LogP contribution in [0.15, 0.2) is 59.5 Å². The average Bonchev–Trinajstić information content (AvgIpc) is 3.00. The molecule has 0 saturated carbocycles. The van der Waals surface area contributed by atoms with Crippen LogP contribution in [0, 0.1) is 0 Å². The van der Waals surface area contributed by atoms with Crippen molar-refractivity contribution in [2.75, 3.05) is 6.54 Å². The fraction of sp³-hybridized carbons (Fsp3) is 0.0870. The van der Waals surface area contributed by atoms with E-state index in [0.717, 1.165) is 16.3 Å². The first-order valence-corrected chi connectivity index (χ1v) is 11.0. The Hall–Kier alpha value is -3.00. The number of benzene rings is 3. The molecule has 0 bridgehead atoms. The number of hydrogen-bond donors (Lipinski definition) is 1. The summed E-state index contributed by atoms with van der Waals surface area (Å²) in [5.41, 5.74) is 1.44. The molecule has 0 atom stereocenters. The van der Waals surface area contributed by atoms with Gasteiger partial charge in [0.05, 0.1) is 15.0 Å². The summed E-state index contributed by atoms with van der Waals surface area (Å²) < 4.78 is 5.84. The van der Waals surface area contributed by atoms with E-state index >= 15 is 0 Å². The molecule has 1 N–H and O–H groups in total. The van der Waals surface area contributed by atoms with Gasteiger partial charge in [-0.2, -0.15) is 0 Å². The third-order valence-electron chi connectivity index (χ3n) is 4.68. The van der Waals surface area contributed by atoms with Crippen LogP contribution in [-0.4, -0.2) is 33.7 Å². The van der Waals surface area contributed by atoms with E-state index in [0.29, 0.717) is 28.0 Å². The van der Waals surface area contributed by atoms with Gasteiger partial charge in [-0.3, -0.25) is 19.3 Å². The minimum Gasteiger partial charge on any atom is -0.486 e. The number of halogens is 2. The quantitative estimate of drug-likeness (QED) is 0.439. The Kier molecular flexibility index (Phi) is 6.41. The first-order valence-electron chi connectivity index (χ1n) is 9.38. The van der Waals surface area contributed by atoms with Crippen LogP contribution in [0.2, 0.25) is 10.0 Å². The van der Waals surface area contributed by atoms with Crippen molar-refractivity contribution < 1.29 is 24.2 Å². The van der Waals surface area contributed by atoms with E-state index in [4.69, 9.17) is 33.0 Å². The van der Waals surface area contributed by atoms with E-state index in [1.165, 1.54) is 6.08 Å². The molecule has 1 aliphatic rings. The standard InChI is InChI=1S/C23H15Cl2NO5S/c24-17-8-14(10-19-22(29)26(11-20(27)28)23(30)32-19)9-18(25)21(17)31-12-13-5-6-15-3-1-2-4-16(15)7-13/h1-10H,11-12H2,(H,27,28)/b19-10+. The van der Waals surface area contributed by atoms with Crippen LogP contribution in [-0.2, 0) is 16.2 Å². The van der Waals surface area contributed by atoms with Gasteiger partial charge in [-0.05, 0) is 57.9 Å². The molecule has 162 valence electrons. The van der Waals surface area contributed by atoms with Gasteiger partial charge in [0.15, 0.2) is 5.75 Å². The minimum absolute atomic E-state index is 0.0909. The smallest absolute Gasteiger partial charge is 0.323 e. The second-order valence-electron chi connectivity index (χ2n) is 6.95. The lowest BCUT2D eigenvalue weighted by molar-refractivity contribution is -0.140. The maximum Gasteiger partial charge on any atom is 0.323 e. The molecule has 32 heavy (non-hydrogen) atoms. The predicted molar refractivity (Wildman–Crippen MR) is 125 cm³/mol. The van der Waals surface area contributed by atoms with Crippen molar-refractivity contribution in [2.45, 2.75) is 6.61 Å². The predicted octanol–water partition coefficient (Wildman–Crippen LogP) is 5.85. The van der Waals surface area contributed by atoms with E-state index in [2.05, 4.69) is 0 Å². The number of rotatable bonds is 6. The van der Waals surface area contributed by atoms with Gasteiger partial charge >= 0.3 is 5.97 Å². The SMILES string of the molecule is O=C(O)CN1C(=O)S/C(=C/c2cc(Cl)c(OCc3ccc4ccccc4c3)c(Cl)c2)C1=O. The van der Waals surface area contributed by atoms with Gasteiger partial charge in [0, 0.05) is 0 Å². The molecular formula is C23H15Cl2NO5S. The molecule has 0 unspecified atom stereocenters. The number of carboxylic acids is 1. The van der Waals surface area contributed by atoms with Crippen LogP contribution in [0.3, 0.4) is 0 Å². The zero-order valence-corrected chi connectivity index (χ0v) is 18.7. The van der Waals surface area contributed by atoms with Gasteiger partial charge in [-0.1, -0.05) is 59.6 Å². The number of carbonyl (C=O) groups is 3. The zero-order chi connectivity index (χ0) is 22.8. The summed E-state index contributed by atoms with van der Waals surface area (Å²) in [5.74, 6) is -1.64. The molecule has 1 fully saturated rings. The Bertz CT molecular complexity index is 1270. The number of nitrogens with zero attached hydrogens (tertiary/aromatic N) is 1. The maximum absolute atomic E-state index is 12.3. The van der Waals surface area contributed by atoms with E-state index in [1.807, 2.05) is 42.5 Å². The van der Waals surface area contributed by atoms with Gasteiger partial charge in [-0.25, -0.2) is 0 Å². The van der Waals surface area contributed by atoms with Crippen molar-refractivity contribution in [3.05, 3.63) is 80.7 Å². The minimum atomic E-state index is -1.27. The van der Waals surface area contributed by atoms with Crippen molar-refractivity contribution in [2.24, 2.45) is 0 Å². The largest absolute Gasteiger partial charge is 0.486 e. The summed E-state index contributed by atoms with van der Waals surface area (Å²) in [5, 5.41) is 10.9. The summed E-state index contributed by atoms with van der Waals surface area (Å²) in [6.45, 7) is -0.428. The fourth-order valence-corrected chi connectivity index (χ4v) is 4.66. The molecule has 9 heteroatoms. The van der Waals surface area contributed by atoms with Crippen molar-refractivity contribution in [3.8, 4) is 5.75 Å². The summed E-state index contributed by atoms with van der Waals surface area (Å²) in [7, 11) is 0. The van der Waals surface area contributed by atoms with Crippen molar-refractivity contribution in [1.82, 2.24) is 4.90 Å². The fourth-order valence-electron chi connectivity index (χ4n) is 3.21. The Morgan fingerprint density at radius 3 is 2.41 bits per heavy atom. The highest BCUT2D eigenvalue weighted by molar-refractivity contribution is 8.18. The molecular weight excluding hydrogens is 473 g/mol. The zero-order valence-electron chi connectivity index (χ0n) is 16.4. The molecule has 0 aliphatic carbocycles. The van der Waals surface area contributed by atoms with Gasteiger partial charge in [0.25, 0.3) is 11.1 Å². The van der Waals surface area contributed by atoms with E-state index < -0.39 is 23.7 Å². The summed E-state index contributed by atoms with van der Waals surface area (Å²) in [4.78, 5) is 35.8. The van der Waals surface area contributed by atoms with E-state index in [1.54, 1.807) is 12.1 Å². The van der Waals surface area contributed by atoms with Crippen LogP contribution >= 0.6 is 35.0 Å². The number of fused-ring (bicyclic) bond motifs is 1. The van der Waals surface area contributed by atoms with Gasteiger partial charge < -0.3 is 9.84 Å². The Morgan fingerprint density at radius 2 is 1.72 bits per heavy atom. The first kappa shape index (κ1) is 22.2. The summed E-state index contributed by atoms with van der Waals surface area (Å²) in [6.07, 6.45) is 1.44. The van der Waals surface area contributed by atoms with Crippen LogP contribution in [0.4, 0.5) is 4.79 Å². The molecule has 3 aromatic carbocycles. The van der Waals surface area contributed by atoms with Crippen molar-refractivity contribution in [3.63, 3.8) is 0 Å². The average molecular weight is 488 g/mol. The molecule has 0 spiro atoms. The molecule has 1 aliphatic heterocycles. The number of imide groups is 1. The third kappa shape index (κ3) is 4.75. The molecule has 6 nitrogen and oxygen atoms in total. The molecule has 1 heterocycles. The molecule has 1 saturated heterocycles. The number of thioether (sulfide) groups is 1. The molecule has 3 aromatic rings. The van der Waals surface area contributed by atoms with Crippen LogP contribution in [0.25, 0.3) is 16.8 Å². The molecule has 0 aromatic heterocycles. The Balaban J connectivity index is 1.52. The molecule has 0 radical (unpaired) electrons. The highest BCUT2D eigenvalue weighted by Gasteiger charge is 2.36. The van der Waals surface area contributed by atoms with Crippen LogP contribution in [0.5, 0.6) is 5.75 Å². The Labute approximate surface area is 197 Å². The maximum atomic E-state index is 12.3. The normalized spacial score (nSPS) is 15.1.